The standard InChI is InChI=1S/C11H24O2/c1-8(2)10(13)11(4,5)6-9(3)7-12/h8-10,12-13H,6-7H2,1-5H3. The average molecular weight is 188 g/mol. The predicted molar refractivity (Wildman–Crippen MR) is 55.5 cm³/mol. The van der Waals surface area contributed by atoms with Gasteiger partial charge in [0.15, 0.2) is 0 Å². The van der Waals surface area contributed by atoms with Gasteiger partial charge in [0.2, 0.25) is 0 Å². The Hall–Kier alpha value is -0.0800. The second-order valence-electron chi connectivity index (χ2n) is 5.17. The zero-order chi connectivity index (χ0) is 10.6. The van der Waals surface area contributed by atoms with Crippen LogP contribution in [0.15, 0.2) is 0 Å². The molecule has 0 rings (SSSR count). The van der Waals surface area contributed by atoms with Gasteiger partial charge < -0.3 is 10.2 Å². The van der Waals surface area contributed by atoms with Crippen molar-refractivity contribution in [3.05, 3.63) is 0 Å². The molecule has 0 radical (unpaired) electrons. The summed E-state index contributed by atoms with van der Waals surface area (Å²) in [5.74, 6) is 0.546. The molecule has 0 saturated carbocycles. The van der Waals surface area contributed by atoms with Gasteiger partial charge >= 0.3 is 0 Å². The first-order chi connectivity index (χ1) is 5.81. The second-order valence-corrected chi connectivity index (χ2v) is 5.17. The maximum Gasteiger partial charge on any atom is 0.0614 e. The first-order valence-corrected chi connectivity index (χ1v) is 5.10. The van der Waals surface area contributed by atoms with E-state index in [1.807, 2.05) is 20.8 Å². The van der Waals surface area contributed by atoms with Crippen molar-refractivity contribution in [2.45, 2.75) is 47.1 Å². The summed E-state index contributed by atoms with van der Waals surface area (Å²) in [4.78, 5) is 0. The van der Waals surface area contributed by atoms with Gasteiger partial charge in [0.1, 0.15) is 0 Å². The molecule has 0 amide bonds. The Labute approximate surface area is 82.0 Å². The van der Waals surface area contributed by atoms with E-state index in [2.05, 4.69) is 13.8 Å². The van der Waals surface area contributed by atoms with Crippen molar-refractivity contribution >= 4 is 0 Å². The van der Waals surface area contributed by atoms with Crippen LogP contribution in [0.1, 0.15) is 41.0 Å². The molecule has 80 valence electrons. The highest BCUT2D eigenvalue weighted by atomic mass is 16.3. The van der Waals surface area contributed by atoms with Crippen LogP contribution in [0.4, 0.5) is 0 Å². The quantitative estimate of drug-likeness (QED) is 0.693. The zero-order valence-corrected chi connectivity index (χ0v) is 9.54. The van der Waals surface area contributed by atoms with Gasteiger partial charge in [-0.25, -0.2) is 0 Å². The molecule has 13 heavy (non-hydrogen) atoms. The fourth-order valence-corrected chi connectivity index (χ4v) is 1.99. The normalized spacial score (nSPS) is 17.5. The molecule has 0 heterocycles. The van der Waals surface area contributed by atoms with Crippen molar-refractivity contribution in [1.29, 1.82) is 0 Å². The van der Waals surface area contributed by atoms with E-state index in [1.54, 1.807) is 0 Å². The van der Waals surface area contributed by atoms with Gasteiger partial charge in [-0.1, -0.05) is 34.6 Å². The van der Waals surface area contributed by atoms with E-state index in [-0.39, 0.29) is 30.0 Å². The summed E-state index contributed by atoms with van der Waals surface area (Å²) in [6, 6.07) is 0. The molecular formula is C11H24O2. The maximum absolute atomic E-state index is 9.92. The Bertz CT molecular complexity index is 141. The maximum atomic E-state index is 9.92. The molecule has 0 saturated heterocycles. The lowest BCUT2D eigenvalue weighted by Crippen LogP contribution is -2.35. The van der Waals surface area contributed by atoms with Crippen LogP contribution in [0.2, 0.25) is 0 Å². The number of rotatable bonds is 5. The third-order valence-electron chi connectivity index (χ3n) is 2.62. The monoisotopic (exact) mass is 188 g/mol. The fraction of sp³-hybridized carbons (Fsp3) is 1.00. The van der Waals surface area contributed by atoms with Gasteiger partial charge in [-0.05, 0) is 23.7 Å². The molecule has 0 spiro atoms. The molecule has 2 heteroatoms. The summed E-state index contributed by atoms with van der Waals surface area (Å²) < 4.78 is 0. The minimum atomic E-state index is -0.290. The van der Waals surface area contributed by atoms with E-state index in [1.165, 1.54) is 0 Å². The molecule has 2 atom stereocenters. The Morgan fingerprint density at radius 2 is 1.62 bits per heavy atom. The molecule has 0 aliphatic carbocycles. The van der Waals surface area contributed by atoms with E-state index in [4.69, 9.17) is 5.11 Å². The van der Waals surface area contributed by atoms with Crippen molar-refractivity contribution in [3.63, 3.8) is 0 Å². The number of hydrogen-bond donors (Lipinski definition) is 2. The van der Waals surface area contributed by atoms with Gasteiger partial charge in [-0.15, -0.1) is 0 Å². The van der Waals surface area contributed by atoms with Crippen molar-refractivity contribution in [2.24, 2.45) is 17.3 Å². The number of hydrogen-bond acceptors (Lipinski definition) is 2. The third-order valence-corrected chi connectivity index (χ3v) is 2.62. The van der Waals surface area contributed by atoms with Gasteiger partial charge in [0, 0.05) is 6.61 Å². The van der Waals surface area contributed by atoms with Crippen LogP contribution in [-0.2, 0) is 0 Å². The Morgan fingerprint density at radius 3 is 1.92 bits per heavy atom. The SMILES string of the molecule is CC(CO)CC(C)(C)C(O)C(C)C. The van der Waals surface area contributed by atoms with Crippen LogP contribution in [0.3, 0.4) is 0 Å². The van der Waals surface area contributed by atoms with Gasteiger partial charge in [-0.3, -0.25) is 0 Å². The number of aliphatic hydroxyl groups is 2. The fourth-order valence-electron chi connectivity index (χ4n) is 1.99. The molecule has 0 bridgehead atoms. The van der Waals surface area contributed by atoms with E-state index >= 15 is 0 Å². The zero-order valence-electron chi connectivity index (χ0n) is 9.54. The number of aliphatic hydroxyl groups excluding tert-OH is 2. The topological polar surface area (TPSA) is 40.5 Å². The molecule has 0 aromatic rings. The summed E-state index contributed by atoms with van der Waals surface area (Å²) in [6.07, 6.45) is 0.574. The van der Waals surface area contributed by atoms with Crippen LogP contribution in [0.25, 0.3) is 0 Å². The highest BCUT2D eigenvalue weighted by Crippen LogP contribution is 2.32. The Morgan fingerprint density at radius 1 is 1.15 bits per heavy atom. The molecule has 0 aliphatic rings. The molecular weight excluding hydrogens is 164 g/mol. The van der Waals surface area contributed by atoms with Crippen LogP contribution >= 0.6 is 0 Å². The van der Waals surface area contributed by atoms with E-state index in [9.17, 15) is 5.11 Å². The van der Waals surface area contributed by atoms with Gasteiger partial charge in [0.05, 0.1) is 6.10 Å². The lowest BCUT2D eigenvalue weighted by Gasteiger charge is -2.35. The minimum Gasteiger partial charge on any atom is -0.396 e. The first-order valence-electron chi connectivity index (χ1n) is 5.10. The lowest BCUT2D eigenvalue weighted by atomic mass is 9.75. The first kappa shape index (κ1) is 12.9. The van der Waals surface area contributed by atoms with Crippen molar-refractivity contribution in [2.75, 3.05) is 6.61 Å². The molecule has 2 unspecified atom stereocenters. The van der Waals surface area contributed by atoms with Gasteiger partial charge in [-0.2, -0.15) is 0 Å². The van der Waals surface area contributed by atoms with Crippen molar-refractivity contribution < 1.29 is 10.2 Å². The summed E-state index contributed by atoms with van der Waals surface area (Å²) in [6.45, 7) is 10.4. The van der Waals surface area contributed by atoms with Crippen LogP contribution < -0.4 is 0 Å². The van der Waals surface area contributed by atoms with Gasteiger partial charge in [0.25, 0.3) is 0 Å². The smallest absolute Gasteiger partial charge is 0.0614 e. The third kappa shape index (κ3) is 4.10. The minimum absolute atomic E-state index is 0.101. The van der Waals surface area contributed by atoms with Crippen LogP contribution in [0.5, 0.6) is 0 Å². The summed E-state index contributed by atoms with van der Waals surface area (Å²) in [5.41, 5.74) is -0.101. The molecule has 2 nitrogen and oxygen atoms in total. The molecule has 0 aliphatic heterocycles. The molecule has 0 aromatic heterocycles. The lowest BCUT2D eigenvalue weighted by molar-refractivity contribution is -0.00490. The van der Waals surface area contributed by atoms with E-state index < -0.39 is 0 Å². The summed E-state index contributed by atoms with van der Waals surface area (Å²) in [5, 5.41) is 18.9. The Kier molecular flexibility index (Phi) is 4.93. The Balaban J connectivity index is 4.21. The summed E-state index contributed by atoms with van der Waals surface area (Å²) >= 11 is 0. The molecule has 2 N–H and O–H groups in total. The summed E-state index contributed by atoms with van der Waals surface area (Å²) in [7, 11) is 0. The average Bonchev–Trinajstić information content (AvgIpc) is 2.01. The van der Waals surface area contributed by atoms with Crippen molar-refractivity contribution in [3.8, 4) is 0 Å². The largest absolute Gasteiger partial charge is 0.396 e. The van der Waals surface area contributed by atoms with E-state index in [0.717, 1.165) is 6.42 Å². The predicted octanol–water partition coefficient (Wildman–Crippen LogP) is 2.05. The van der Waals surface area contributed by atoms with Crippen LogP contribution in [-0.4, -0.2) is 22.9 Å². The van der Waals surface area contributed by atoms with Crippen molar-refractivity contribution in [1.82, 2.24) is 0 Å². The second kappa shape index (κ2) is 4.97. The van der Waals surface area contributed by atoms with E-state index in [0.29, 0.717) is 0 Å². The molecule has 0 aromatic carbocycles. The van der Waals surface area contributed by atoms with Crippen LogP contribution in [0, 0.1) is 17.3 Å². The highest BCUT2D eigenvalue weighted by molar-refractivity contribution is 4.81. The highest BCUT2D eigenvalue weighted by Gasteiger charge is 2.31. The molecule has 0 fully saturated rings.